The average molecular weight is 378 g/mol. The fourth-order valence-electron chi connectivity index (χ4n) is 3.85. The number of hydrogen-bond acceptors (Lipinski definition) is 6. The van der Waals surface area contributed by atoms with Gasteiger partial charge in [-0.25, -0.2) is 0 Å². The lowest BCUT2D eigenvalue weighted by molar-refractivity contribution is -0.387. The Balaban J connectivity index is 1.52. The Kier molecular flexibility index (Phi) is 5.48. The van der Waals surface area contributed by atoms with Gasteiger partial charge < -0.3 is 10.1 Å². The van der Waals surface area contributed by atoms with Crippen molar-refractivity contribution >= 4 is 29.0 Å². The SMILES string of the molecule is O=C(COC(=O)C1C[C@H]2CCC[C@H](C1)C2=O)Nc1ccc(F)c([N+](=O)[O-])c1. The summed E-state index contributed by atoms with van der Waals surface area (Å²) in [6, 6.07) is 2.94. The number of carbonyl (C=O) groups excluding carboxylic acids is 3. The molecule has 0 aromatic heterocycles. The fourth-order valence-corrected chi connectivity index (χ4v) is 3.85. The summed E-state index contributed by atoms with van der Waals surface area (Å²) in [5.74, 6) is -2.55. The molecule has 0 aliphatic heterocycles. The standard InChI is InChI=1S/C18H19FN2O6/c19-14-5-4-13(8-15(14)21(25)26)20-16(22)9-27-18(24)12-6-10-2-1-3-11(7-12)17(10)23/h4-5,8,10-12H,1-3,6-7,9H2,(H,20,22)/t10-,11-/m1/s1. The number of fused-ring (bicyclic) bond motifs is 2. The van der Waals surface area contributed by atoms with Gasteiger partial charge in [0.05, 0.1) is 10.8 Å². The van der Waals surface area contributed by atoms with E-state index in [0.29, 0.717) is 12.8 Å². The van der Waals surface area contributed by atoms with Crippen molar-refractivity contribution in [1.29, 1.82) is 0 Å². The van der Waals surface area contributed by atoms with Crippen molar-refractivity contribution < 1.29 is 28.4 Å². The second-order valence-electron chi connectivity index (χ2n) is 6.97. The van der Waals surface area contributed by atoms with Gasteiger partial charge in [-0.2, -0.15) is 4.39 Å². The first kappa shape index (κ1) is 18.9. The summed E-state index contributed by atoms with van der Waals surface area (Å²) in [4.78, 5) is 46.0. The second-order valence-corrected chi connectivity index (χ2v) is 6.97. The number of nitrogens with one attached hydrogen (secondary N) is 1. The molecule has 2 aliphatic rings. The number of nitro groups is 1. The molecule has 2 fully saturated rings. The Bertz CT molecular complexity index is 780. The first-order chi connectivity index (χ1) is 12.8. The highest BCUT2D eigenvalue weighted by atomic mass is 19.1. The molecule has 1 amide bonds. The third-order valence-corrected chi connectivity index (χ3v) is 5.15. The van der Waals surface area contributed by atoms with E-state index in [-0.39, 0.29) is 23.3 Å². The first-order valence-electron chi connectivity index (χ1n) is 8.79. The Labute approximate surface area is 154 Å². The lowest BCUT2D eigenvalue weighted by Gasteiger charge is -2.36. The maximum atomic E-state index is 13.3. The van der Waals surface area contributed by atoms with Crippen molar-refractivity contribution in [3.63, 3.8) is 0 Å². The number of nitro benzene ring substituents is 1. The van der Waals surface area contributed by atoms with Crippen molar-refractivity contribution in [2.45, 2.75) is 32.1 Å². The summed E-state index contributed by atoms with van der Waals surface area (Å²) < 4.78 is 18.3. The van der Waals surface area contributed by atoms with Crippen LogP contribution in [0.2, 0.25) is 0 Å². The van der Waals surface area contributed by atoms with E-state index in [9.17, 15) is 28.9 Å². The van der Waals surface area contributed by atoms with Gasteiger partial charge in [0.2, 0.25) is 5.82 Å². The number of amides is 1. The monoisotopic (exact) mass is 378 g/mol. The van der Waals surface area contributed by atoms with Crippen LogP contribution in [0.25, 0.3) is 0 Å². The van der Waals surface area contributed by atoms with Gasteiger partial charge in [0.25, 0.3) is 5.91 Å². The number of rotatable bonds is 5. The molecule has 0 heterocycles. The fraction of sp³-hybridized carbons (Fsp3) is 0.500. The van der Waals surface area contributed by atoms with E-state index < -0.39 is 40.8 Å². The average Bonchev–Trinajstić information content (AvgIpc) is 2.61. The van der Waals surface area contributed by atoms with E-state index in [1.54, 1.807) is 0 Å². The number of carbonyl (C=O) groups is 3. The number of halogens is 1. The zero-order chi connectivity index (χ0) is 19.6. The molecule has 144 valence electrons. The normalized spacial score (nSPS) is 24.2. The van der Waals surface area contributed by atoms with Gasteiger partial charge in [-0.3, -0.25) is 24.5 Å². The maximum Gasteiger partial charge on any atom is 0.309 e. The minimum Gasteiger partial charge on any atom is -0.455 e. The summed E-state index contributed by atoms with van der Waals surface area (Å²) in [5.41, 5.74) is -0.731. The quantitative estimate of drug-likeness (QED) is 0.478. The van der Waals surface area contributed by atoms with Gasteiger partial charge in [0, 0.05) is 23.6 Å². The molecule has 2 saturated carbocycles. The van der Waals surface area contributed by atoms with Crippen LogP contribution in [0.5, 0.6) is 0 Å². The summed E-state index contributed by atoms with van der Waals surface area (Å²) >= 11 is 0. The van der Waals surface area contributed by atoms with E-state index in [2.05, 4.69) is 5.32 Å². The number of benzene rings is 1. The van der Waals surface area contributed by atoms with Crippen LogP contribution >= 0.6 is 0 Å². The minimum atomic E-state index is -1.01. The third-order valence-electron chi connectivity index (χ3n) is 5.15. The molecule has 2 atom stereocenters. The van der Waals surface area contributed by atoms with Gasteiger partial charge in [-0.1, -0.05) is 6.42 Å². The molecule has 1 aromatic rings. The van der Waals surface area contributed by atoms with E-state index in [1.165, 1.54) is 6.07 Å². The number of esters is 1. The van der Waals surface area contributed by atoms with Gasteiger partial charge in [-0.15, -0.1) is 0 Å². The maximum absolute atomic E-state index is 13.3. The van der Waals surface area contributed by atoms with Crippen LogP contribution in [0.4, 0.5) is 15.8 Å². The van der Waals surface area contributed by atoms with Crippen LogP contribution in [-0.4, -0.2) is 29.2 Å². The summed E-state index contributed by atoms with van der Waals surface area (Å²) in [5, 5.41) is 13.0. The topological polar surface area (TPSA) is 116 Å². The number of anilines is 1. The molecule has 27 heavy (non-hydrogen) atoms. The smallest absolute Gasteiger partial charge is 0.309 e. The molecule has 2 aliphatic carbocycles. The lowest BCUT2D eigenvalue weighted by atomic mass is 9.67. The minimum absolute atomic E-state index is 0.0296. The van der Waals surface area contributed by atoms with E-state index >= 15 is 0 Å². The molecule has 2 bridgehead atoms. The molecular formula is C18H19FN2O6. The van der Waals surface area contributed by atoms with Gasteiger partial charge >= 0.3 is 11.7 Å². The zero-order valence-corrected chi connectivity index (χ0v) is 14.5. The highest BCUT2D eigenvalue weighted by Gasteiger charge is 2.41. The van der Waals surface area contributed by atoms with Crippen LogP contribution in [-0.2, 0) is 19.1 Å². The number of ether oxygens (including phenoxy) is 1. The molecule has 8 nitrogen and oxygen atoms in total. The van der Waals surface area contributed by atoms with E-state index in [4.69, 9.17) is 4.74 Å². The van der Waals surface area contributed by atoms with Crippen molar-refractivity contribution in [2.24, 2.45) is 17.8 Å². The molecule has 0 saturated heterocycles. The van der Waals surface area contributed by atoms with Crippen molar-refractivity contribution in [2.75, 3.05) is 11.9 Å². The first-order valence-corrected chi connectivity index (χ1v) is 8.79. The van der Waals surface area contributed by atoms with E-state index in [0.717, 1.165) is 31.4 Å². The summed E-state index contributed by atoms with van der Waals surface area (Å²) in [7, 11) is 0. The molecular weight excluding hydrogens is 359 g/mol. The Morgan fingerprint density at radius 3 is 2.56 bits per heavy atom. The van der Waals surface area contributed by atoms with Gasteiger partial charge in [0.1, 0.15) is 5.78 Å². The van der Waals surface area contributed by atoms with Gasteiger partial charge in [0.15, 0.2) is 6.61 Å². The predicted molar refractivity (Wildman–Crippen MR) is 91.2 cm³/mol. The van der Waals surface area contributed by atoms with Crippen LogP contribution in [0.1, 0.15) is 32.1 Å². The highest BCUT2D eigenvalue weighted by molar-refractivity contribution is 5.93. The molecule has 1 N–H and O–H groups in total. The third kappa shape index (κ3) is 4.29. The van der Waals surface area contributed by atoms with Crippen molar-refractivity contribution in [1.82, 2.24) is 0 Å². The molecule has 0 unspecified atom stereocenters. The van der Waals surface area contributed by atoms with Crippen LogP contribution in [0, 0.1) is 33.7 Å². The summed E-state index contributed by atoms with van der Waals surface area (Å²) in [6.07, 6.45) is 3.50. The van der Waals surface area contributed by atoms with Gasteiger partial charge in [-0.05, 0) is 37.8 Å². The van der Waals surface area contributed by atoms with Crippen LogP contribution in [0.3, 0.4) is 0 Å². The lowest BCUT2D eigenvalue weighted by Crippen LogP contribution is -2.40. The number of nitrogens with zero attached hydrogens (tertiary/aromatic N) is 1. The number of hydrogen-bond donors (Lipinski definition) is 1. The van der Waals surface area contributed by atoms with Crippen LogP contribution in [0.15, 0.2) is 18.2 Å². The molecule has 1 aromatic carbocycles. The molecule has 0 spiro atoms. The largest absolute Gasteiger partial charge is 0.455 e. The Hall–Kier alpha value is -2.84. The Morgan fingerprint density at radius 1 is 1.26 bits per heavy atom. The van der Waals surface area contributed by atoms with Crippen molar-refractivity contribution in [3.05, 3.63) is 34.1 Å². The zero-order valence-electron chi connectivity index (χ0n) is 14.5. The van der Waals surface area contributed by atoms with Crippen molar-refractivity contribution in [3.8, 4) is 0 Å². The second kappa shape index (κ2) is 7.81. The molecule has 0 radical (unpaired) electrons. The van der Waals surface area contributed by atoms with Crippen LogP contribution < -0.4 is 5.32 Å². The number of Topliss-reactive ketones (excluding diaryl/α,β-unsaturated/α-hetero) is 1. The Morgan fingerprint density at radius 2 is 1.93 bits per heavy atom. The van der Waals surface area contributed by atoms with E-state index in [1.807, 2.05) is 0 Å². The molecule has 3 rings (SSSR count). The highest BCUT2D eigenvalue weighted by Crippen LogP contribution is 2.40. The number of ketones is 1. The predicted octanol–water partition coefficient (Wildman–Crippen LogP) is 2.61. The molecule has 9 heteroatoms. The summed E-state index contributed by atoms with van der Waals surface area (Å²) in [6.45, 7) is -0.552.